The Labute approximate surface area is 231 Å². The SMILES string of the molecule is CCCCCCCCCCCCCCCCOC(=O)CCCCCCCCC(=O)OC(CC)CCCC. The van der Waals surface area contributed by atoms with Gasteiger partial charge in [-0.1, -0.05) is 143 Å². The van der Waals surface area contributed by atoms with Crippen molar-refractivity contribution < 1.29 is 19.1 Å². The first-order valence-electron chi connectivity index (χ1n) is 16.5. The van der Waals surface area contributed by atoms with Crippen LogP contribution in [0.5, 0.6) is 0 Å². The predicted octanol–water partition coefficient (Wildman–Crippen LogP) is 10.6. The van der Waals surface area contributed by atoms with Crippen molar-refractivity contribution in [3.05, 3.63) is 0 Å². The largest absolute Gasteiger partial charge is 0.466 e. The zero-order valence-corrected chi connectivity index (χ0v) is 25.3. The van der Waals surface area contributed by atoms with Gasteiger partial charge in [-0.3, -0.25) is 9.59 Å². The van der Waals surface area contributed by atoms with Gasteiger partial charge in [-0.2, -0.15) is 0 Å². The van der Waals surface area contributed by atoms with E-state index in [4.69, 9.17) is 9.47 Å². The van der Waals surface area contributed by atoms with Crippen molar-refractivity contribution in [3.8, 4) is 0 Å². The molecular formula is C33H64O4. The van der Waals surface area contributed by atoms with Crippen LogP contribution in [0, 0.1) is 0 Å². The average Bonchev–Trinajstić information content (AvgIpc) is 2.90. The molecule has 0 fully saturated rings. The minimum Gasteiger partial charge on any atom is -0.466 e. The molecule has 0 saturated heterocycles. The first kappa shape index (κ1) is 35.9. The molecule has 0 aromatic heterocycles. The molecule has 0 spiro atoms. The summed E-state index contributed by atoms with van der Waals surface area (Å²) in [7, 11) is 0. The Kier molecular flexibility index (Phi) is 28.7. The standard InChI is InChI=1S/C33H64O4/c1-4-7-9-10-11-12-13-14-15-16-17-20-23-26-30-36-32(34)28-24-21-18-19-22-25-29-33(35)37-31(6-3)27-8-5-2/h31H,4-30H2,1-3H3. The number of rotatable bonds is 29. The molecular weight excluding hydrogens is 460 g/mol. The van der Waals surface area contributed by atoms with Crippen molar-refractivity contribution >= 4 is 11.9 Å². The number of ether oxygens (including phenoxy) is 2. The van der Waals surface area contributed by atoms with E-state index in [0.717, 1.165) is 70.6 Å². The summed E-state index contributed by atoms with van der Waals surface area (Å²) in [6.07, 6.45) is 30.3. The van der Waals surface area contributed by atoms with E-state index in [2.05, 4.69) is 20.8 Å². The molecule has 4 heteroatoms. The van der Waals surface area contributed by atoms with Gasteiger partial charge in [0.2, 0.25) is 0 Å². The van der Waals surface area contributed by atoms with Gasteiger partial charge in [0, 0.05) is 12.8 Å². The minimum atomic E-state index is -0.0375. The third-order valence-electron chi connectivity index (χ3n) is 7.41. The van der Waals surface area contributed by atoms with E-state index in [-0.39, 0.29) is 18.0 Å². The normalized spacial score (nSPS) is 12.0. The average molecular weight is 525 g/mol. The first-order valence-corrected chi connectivity index (χ1v) is 16.5. The Hall–Kier alpha value is -1.06. The summed E-state index contributed by atoms with van der Waals surface area (Å²) in [6, 6.07) is 0. The van der Waals surface area contributed by atoms with Crippen LogP contribution in [0.15, 0.2) is 0 Å². The Balaban J connectivity index is 3.32. The van der Waals surface area contributed by atoms with Crippen LogP contribution in [-0.4, -0.2) is 24.6 Å². The van der Waals surface area contributed by atoms with E-state index in [0.29, 0.717) is 19.4 Å². The summed E-state index contributed by atoms with van der Waals surface area (Å²) in [5, 5.41) is 0. The van der Waals surface area contributed by atoms with Gasteiger partial charge in [0.15, 0.2) is 0 Å². The molecule has 0 aliphatic carbocycles. The van der Waals surface area contributed by atoms with Gasteiger partial charge in [-0.15, -0.1) is 0 Å². The van der Waals surface area contributed by atoms with Crippen molar-refractivity contribution in [1.82, 2.24) is 0 Å². The van der Waals surface area contributed by atoms with Crippen LogP contribution in [0.3, 0.4) is 0 Å². The number of hydrogen-bond acceptors (Lipinski definition) is 4. The highest BCUT2D eigenvalue weighted by Gasteiger charge is 2.11. The lowest BCUT2D eigenvalue weighted by atomic mass is 10.0. The number of carbonyl (C=O) groups is 2. The summed E-state index contributed by atoms with van der Waals surface area (Å²) in [5.74, 6) is -0.0736. The van der Waals surface area contributed by atoms with E-state index >= 15 is 0 Å². The minimum absolute atomic E-state index is 0.0361. The summed E-state index contributed by atoms with van der Waals surface area (Å²) >= 11 is 0. The molecule has 0 aliphatic rings. The highest BCUT2D eigenvalue weighted by atomic mass is 16.5. The Morgan fingerprint density at radius 3 is 1.35 bits per heavy atom. The molecule has 1 atom stereocenters. The second-order valence-electron chi connectivity index (χ2n) is 11.1. The zero-order chi connectivity index (χ0) is 27.2. The van der Waals surface area contributed by atoms with Gasteiger partial charge in [0.1, 0.15) is 6.10 Å². The maximum absolute atomic E-state index is 12.0. The lowest BCUT2D eigenvalue weighted by Gasteiger charge is -2.15. The summed E-state index contributed by atoms with van der Waals surface area (Å²) in [6.45, 7) is 7.12. The fourth-order valence-corrected chi connectivity index (χ4v) is 4.82. The number of hydrogen-bond donors (Lipinski definition) is 0. The van der Waals surface area contributed by atoms with Crippen molar-refractivity contribution in [2.45, 2.75) is 194 Å². The van der Waals surface area contributed by atoms with Gasteiger partial charge < -0.3 is 9.47 Å². The predicted molar refractivity (Wildman–Crippen MR) is 158 cm³/mol. The molecule has 37 heavy (non-hydrogen) atoms. The van der Waals surface area contributed by atoms with Crippen LogP contribution in [0.25, 0.3) is 0 Å². The third-order valence-corrected chi connectivity index (χ3v) is 7.41. The Morgan fingerprint density at radius 2 is 0.892 bits per heavy atom. The summed E-state index contributed by atoms with van der Waals surface area (Å²) in [5.41, 5.74) is 0. The molecule has 4 nitrogen and oxygen atoms in total. The van der Waals surface area contributed by atoms with Crippen LogP contribution in [0.4, 0.5) is 0 Å². The monoisotopic (exact) mass is 524 g/mol. The van der Waals surface area contributed by atoms with Crippen molar-refractivity contribution in [2.24, 2.45) is 0 Å². The topological polar surface area (TPSA) is 52.6 Å². The van der Waals surface area contributed by atoms with E-state index < -0.39 is 0 Å². The highest BCUT2D eigenvalue weighted by Crippen LogP contribution is 2.14. The number of esters is 2. The van der Waals surface area contributed by atoms with E-state index in [9.17, 15) is 9.59 Å². The van der Waals surface area contributed by atoms with Crippen LogP contribution in [0.2, 0.25) is 0 Å². The fourth-order valence-electron chi connectivity index (χ4n) is 4.82. The molecule has 0 aromatic carbocycles. The van der Waals surface area contributed by atoms with Crippen LogP contribution >= 0.6 is 0 Å². The van der Waals surface area contributed by atoms with E-state index in [1.54, 1.807) is 0 Å². The zero-order valence-electron chi connectivity index (χ0n) is 25.3. The van der Waals surface area contributed by atoms with Crippen LogP contribution < -0.4 is 0 Å². The van der Waals surface area contributed by atoms with Gasteiger partial charge in [-0.05, 0) is 32.1 Å². The smallest absolute Gasteiger partial charge is 0.306 e. The number of carbonyl (C=O) groups excluding carboxylic acids is 2. The van der Waals surface area contributed by atoms with Gasteiger partial charge in [-0.25, -0.2) is 0 Å². The van der Waals surface area contributed by atoms with E-state index in [1.165, 1.54) is 83.5 Å². The Bertz CT molecular complexity index is 491. The van der Waals surface area contributed by atoms with Crippen LogP contribution in [0.1, 0.15) is 188 Å². The molecule has 0 saturated carbocycles. The summed E-state index contributed by atoms with van der Waals surface area (Å²) < 4.78 is 11.0. The van der Waals surface area contributed by atoms with Crippen LogP contribution in [-0.2, 0) is 19.1 Å². The molecule has 0 bridgehead atoms. The number of unbranched alkanes of at least 4 members (excludes halogenated alkanes) is 19. The second kappa shape index (κ2) is 29.5. The quantitative estimate of drug-likeness (QED) is 0.0721. The first-order chi connectivity index (χ1) is 18.1. The molecule has 0 heterocycles. The maximum atomic E-state index is 12.0. The van der Waals surface area contributed by atoms with Crippen molar-refractivity contribution in [1.29, 1.82) is 0 Å². The molecule has 0 radical (unpaired) electrons. The third kappa shape index (κ3) is 27.8. The van der Waals surface area contributed by atoms with Crippen molar-refractivity contribution in [3.63, 3.8) is 0 Å². The molecule has 220 valence electrons. The lowest BCUT2D eigenvalue weighted by molar-refractivity contribution is -0.149. The molecule has 1 unspecified atom stereocenters. The molecule has 0 aromatic rings. The van der Waals surface area contributed by atoms with E-state index in [1.807, 2.05) is 0 Å². The Morgan fingerprint density at radius 1 is 0.486 bits per heavy atom. The highest BCUT2D eigenvalue weighted by molar-refractivity contribution is 5.69. The second-order valence-corrected chi connectivity index (χ2v) is 11.1. The lowest BCUT2D eigenvalue weighted by Crippen LogP contribution is -2.17. The molecule has 0 aliphatic heterocycles. The summed E-state index contributed by atoms with van der Waals surface area (Å²) in [4.78, 5) is 23.9. The maximum Gasteiger partial charge on any atom is 0.306 e. The molecule has 0 N–H and O–H groups in total. The van der Waals surface area contributed by atoms with Gasteiger partial charge in [0.25, 0.3) is 0 Å². The molecule has 0 amide bonds. The van der Waals surface area contributed by atoms with Gasteiger partial charge in [0.05, 0.1) is 6.61 Å². The molecule has 0 rings (SSSR count). The fraction of sp³-hybridized carbons (Fsp3) is 0.939. The van der Waals surface area contributed by atoms with Crippen molar-refractivity contribution in [2.75, 3.05) is 6.61 Å². The van der Waals surface area contributed by atoms with Gasteiger partial charge >= 0.3 is 11.9 Å².